The summed E-state index contributed by atoms with van der Waals surface area (Å²) in [4.78, 5) is 0.0457. The summed E-state index contributed by atoms with van der Waals surface area (Å²) < 4.78 is 22.4. The molecular weight excluding hydrogens is 262 g/mol. The van der Waals surface area contributed by atoms with Crippen molar-refractivity contribution in [2.45, 2.75) is 37.5 Å². The lowest BCUT2D eigenvalue weighted by Crippen LogP contribution is -2.36. The summed E-state index contributed by atoms with van der Waals surface area (Å²) in [7, 11) is -3.69. The maximum absolute atomic E-state index is 11.2. The standard InChI is InChI=1S/C13H21N3O2S/c1-2-13(6-3-7-13)9-16-12-5-4-10(8-11(12)14)19(15,17)18/h4-5,8,16H,2-3,6-7,9,14H2,1H3,(H2,15,17,18). The van der Waals surface area contributed by atoms with Gasteiger partial charge in [-0.2, -0.15) is 0 Å². The van der Waals surface area contributed by atoms with Gasteiger partial charge in [-0.25, -0.2) is 13.6 Å². The molecule has 106 valence electrons. The molecule has 0 atom stereocenters. The van der Waals surface area contributed by atoms with Crippen LogP contribution in [-0.4, -0.2) is 15.0 Å². The van der Waals surface area contributed by atoms with E-state index >= 15 is 0 Å². The van der Waals surface area contributed by atoms with Gasteiger partial charge in [-0.05, 0) is 42.9 Å². The monoisotopic (exact) mass is 283 g/mol. The van der Waals surface area contributed by atoms with E-state index in [-0.39, 0.29) is 4.90 Å². The van der Waals surface area contributed by atoms with Gasteiger partial charge in [0.25, 0.3) is 0 Å². The fourth-order valence-electron chi connectivity index (χ4n) is 2.49. The molecule has 0 aromatic heterocycles. The average molecular weight is 283 g/mol. The molecule has 19 heavy (non-hydrogen) atoms. The minimum atomic E-state index is -3.69. The molecular formula is C13H21N3O2S. The Morgan fingerprint density at radius 2 is 2.05 bits per heavy atom. The fraction of sp³-hybridized carbons (Fsp3) is 0.538. The second-order valence-corrected chi connectivity index (χ2v) is 6.92. The van der Waals surface area contributed by atoms with Gasteiger partial charge in [-0.1, -0.05) is 13.3 Å². The van der Waals surface area contributed by atoms with Gasteiger partial charge in [-0.15, -0.1) is 0 Å². The van der Waals surface area contributed by atoms with E-state index in [9.17, 15) is 8.42 Å². The third-order valence-electron chi connectivity index (χ3n) is 4.17. The number of nitrogen functional groups attached to an aromatic ring is 1. The molecule has 0 aliphatic heterocycles. The number of rotatable bonds is 5. The number of hydrogen-bond donors (Lipinski definition) is 3. The number of nitrogens with one attached hydrogen (secondary N) is 1. The van der Waals surface area contributed by atoms with Crippen molar-refractivity contribution in [3.05, 3.63) is 18.2 Å². The van der Waals surface area contributed by atoms with Gasteiger partial charge in [0, 0.05) is 6.54 Å². The molecule has 1 aliphatic rings. The van der Waals surface area contributed by atoms with Crippen LogP contribution in [0.25, 0.3) is 0 Å². The first-order valence-corrected chi connectivity index (χ1v) is 8.07. The summed E-state index contributed by atoms with van der Waals surface area (Å²) in [5, 5.41) is 8.39. The van der Waals surface area contributed by atoms with Crippen LogP contribution in [0.1, 0.15) is 32.6 Å². The largest absolute Gasteiger partial charge is 0.397 e. The molecule has 0 spiro atoms. The van der Waals surface area contributed by atoms with Crippen molar-refractivity contribution in [2.75, 3.05) is 17.6 Å². The first-order chi connectivity index (χ1) is 8.86. The van der Waals surface area contributed by atoms with Crippen molar-refractivity contribution in [1.29, 1.82) is 0 Å². The molecule has 5 N–H and O–H groups in total. The minimum Gasteiger partial charge on any atom is -0.397 e. The van der Waals surface area contributed by atoms with Crippen molar-refractivity contribution >= 4 is 21.4 Å². The minimum absolute atomic E-state index is 0.0457. The lowest BCUT2D eigenvalue weighted by Gasteiger charge is -2.41. The van der Waals surface area contributed by atoms with Crippen LogP contribution in [0.4, 0.5) is 11.4 Å². The lowest BCUT2D eigenvalue weighted by molar-refractivity contribution is 0.145. The predicted octanol–water partition coefficient (Wildman–Crippen LogP) is 1.91. The average Bonchev–Trinajstić information content (AvgIpc) is 2.28. The topological polar surface area (TPSA) is 98.2 Å². The van der Waals surface area contributed by atoms with Crippen molar-refractivity contribution in [2.24, 2.45) is 10.6 Å². The van der Waals surface area contributed by atoms with E-state index in [1.807, 2.05) is 0 Å². The number of benzene rings is 1. The van der Waals surface area contributed by atoms with Crippen LogP contribution in [0.5, 0.6) is 0 Å². The first-order valence-electron chi connectivity index (χ1n) is 6.52. The highest BCUT2D eigenvalue weighted by Crippen LogP contribution is 2.43. The van der Waals surface area contributed by atoms with Crippen LogP contribution >= 0.6 is 0 Å². The van der Waals surface area contributed by atoms with E-state index in [2.05, 4.69) is 12.2 Å². The summed E-state index contributed by atoms with van der Waals surface area (Å²) in [6.45, 7) is 3.08. The van der Waals surface area contributed by atoms with Crippen LogP contribution < -0.4 is 16.2 Å². The Balaban J connectivity index is 2.10. The van der Waals surface area contributed by atoms with Crippen LogP contribution in [0, 0.1) is 5.41 Å². The first kappa shape index (κ1) is 14.1. The summed E-state index contributed by atoms with van der Waals surface area (Å²) >= 11 is 0. The lowest BCUT2D eigenvalue weighted by atomic mass is 9.67. The van der Waals surface area contributed by atoms with Crippen LogP contribution in [0.2, 0.25) is 0 Å². The van der Waals surface area contributed by atoms with E-state index in [0.29, 0.717) is 11.1 Å². The van der Waals surface area contributed by atoms with Crippen LogP contribution in [-0.2, 0) is 10.0 Å². The highest BCUT2D eigenvalue weighted by atomic mass is 32.2. The fourth-order valence-corrected chi connectivity index (χ4v) is 3.04. The molecule has 0 radical (unpaired) electrons. The number of sulfonamides is 1. The number of anilines is 2. The van der Waals surface area contributed by atoms with Crippen molar-refractivity contribution in [1.82, 2.24) is 0 Å². The zero-order chi connectivity index (χ0) is 14.1. The van der Waals surface area contributed by atoms with Gasteiger partial charge >= 0.3 is 0 Å². The molecule has 1 aliphatic carbocycles. The van der Waals surface area contributed by atoms with E-state index in [1.54, 1.807) is 6.07 Å². The Morgan fingerprint density at radius 3 is 2.47 bits per heavy atom. The summed E-state index contributed by atoms with van der Waals surface area (Å²) in [6, 6.07) is 4.56. The Labute approximate surface area is 114 Å². The molecule has 1 fully saturated rings. The van der Waals surface area contributed by atoms with Gasteiger partial charge in [0.1, 0.15) is 0 Å². The quantitative estimate of drug-likeness (QED) is 0.719. The van der Waals surface area contributed by atoms with Crippen molar-refractivity contribution < 1.29 is 8.42 Å². The third-order valence-corrected chi connectivity index (χ3v) is 5.08. The molecule has 0 bridgehead atoms. The Morgan fingerprint density at radius 1 is 1.37 bits per heavy atom. The maximum atomic E-state index is 11.2. The normalized spacial score (nSPS) is 17.8. The molecule has 1 aromatic rings. The second kappa shape index (κ2) is 5.02. The van der Waals surface area contributed by atoms with Gasteiger partial charge in [0.2, 0.25) is 10.0 Å². The van der Waals surface area contributed by atoms with Crippen molar-refractivity contribution in [3.63, 3.8) is 0 Å². The molecule has 1 aromatic carbocycles. The molecule has 0 saturated heterocycles. The van der Waals surface area contributed by atoms with Crippen molar-refractivity contribution in [3.8, 4) is 0 Å². The van der Waals surface area contributed by atoms with Gasteiger partial charge in [0.15, 0.2) is 0 Å². The van der Waals surface area contributed by atoms with Gasteiger partial charge < -0.3 is 11.1 Å². The second-order valence-electron chi connectivity index (χ2n) is 5.35. The Bertz CT molecular complexity index is 560. The van der Waals surface area contributed by atoms with Crippen LogP contribution in [0.3, 0.4) is 0 Å². The third kappa shape index (κ3) is 3.01. The highest BCUT2D eigenvalue weighted by Gasteiger charge is 2.34. The number of primary sulfonamides is 1. The molecule has 0 amide bonds. The maximum Gasteiger partial charge on any atom is 0.238 e. The van der Waals surface area contributed by atoms with Gasteiger partial charge in [0.05, 0.1) is 16.3 Å². The molecule has 1 saturated carbocycles. The summed E-state index contributed by atoms with van der Waals surface area (Å²) in [6.07, 6.45) is 4.92. The SMILES string of the molecule is CCC1(CNc2ccc(S(N)(=O)=O)cc2N)CCC1. The Hall–Kier alpha value is -1.27. The Kier molecular flexibility index (Phi) is 3.73. The summed E-state index contributed by atoms with van der Waals surface area (Å²) in [5.74, 6) is 0. The van der Waals surface area contributed by atoms with Crippen LogP contribution in [0.15, 0.2) is 23.1 Å². The number of hydrogen-bond acceptors (Lipinski definition) is 4. The van der Waals surface area contributed by atoms with E-state index in [0.717, 1.165) is 18.7 Å². The predicted molar refractivity (Wildman–Crippen MR) is 77.3 cm³/mol. The zero-order valence-electron chi connectivity index (χ0n) is 11.1. The molecule has 6 heteroatoms. The highest BCUT2D eigenvalue weighted by molar-refractivity contribution is 7.89. The van der Waals surface area contributed by atoms with E-state index in [1.165, 1.54) is 31.4 Å². The molecule has 0 unspecified atom stereocenters. The zero-order valence-corrected chi connectivity index (χ0v) is 12.0. The summed E-state index contributed by atoms with van der Waals surface area (Å²) in [5.41, 5.74) is 7.43. The smallest absolute Gasteiger partial charge is 0.238 e. The molecule has 5 nitrogen and oxygen atoms in total. The van der Waals surface area contributed by atoms with Gasteiger partial charge in [-0.3, -0.25) is 0 Å². The van der Waals surface area contributed by atoms with E-state index < -0.39 is 10.0 Å². The number of nitrogens with two attached hydrogens (primary N) is 2. The molecule has 2 rings (SSSR count). The molecule has 0 heterocycles. The van der Waals surface area contributed by atoms with E-state index in [4.69, 9.17) is 10.9 Å².